The number of anilines is 1. The Kier molecular flexibility index (Phi) is 4.18. The zero-order valence-corrected chi connectivity index (χ0v) is 13.1. The molecule has 2 fully saturated rings. The summed E-state index contributed by atoms with van der Waals surface area (Å²) in [6, 6.07) is 8.96. The van der Waals surface area contributed by atoms with Crippen LogP contribution >= 0.6 is 0 Å². The number of benzene rings is 1. The summed E-state index contributed by atoms with van der Waals surface area (Å²) in [7, 11) is 4.08. The summed E-state index contributed by atoms with van der Waals surface area (Å²) in [6.45, 7) is 0. The lowest BCUT2D eigenvalue weighted by Gasteiger charge is -2.17. The largest absolute Gasteiger partial charge is 0.378 e. The van der Waals surface area contributed by atoms with Gasteiger partial charge in [-0.3, -0.25) is 4.79 Å². The van der Waals surface area contributed by atoms with E-state index in [1.807, 2.05) is 14.1 Å². The van der Waals surface area contributed by atoms with Gasteiger partial charge in [-0.2, -0.15) is 0 Å². The summed E-state index contributed by atoms with van der Waals surface area (Å²) in [6.07, 6.45) is 6.70. The van der Waals surface area contributed by atoms with Crippen LogP contribution in [0.15, 0.2) is 24.3 Å². The van der Waals surface area contributed by atoms with E-state index in [1.165, 1.54) is 36.9 Å². The first kappa shape index (κ1) is 14.4. The molecule has 1 N–H and O–H groups in total. The number of amides is 1. The number of carbonyl (C=O) groups is 1. The Balaban J connectivity index is 1.46. The molecule has 0 aromatic heterocycles. The third kappa shape index (κ3) is 3.99. The molecule has 2 saturated carbocycles. The lowest BCUT2D eigenvalue weighted by Crippen LogP contribution is -2.38. The van der Waals surface area contributed by atoms with Crippen molar-refractivity contribution < 1.29 is 4.79 Å². The zero-order valence-electron chi connectivity index (χ0n) is 13.1. The van der Waals surface area contributed by atoms with Gasteiger partial charge in [0.15, 0.2) is 0 Å². The molecule has 2 aliphatic carbocycles. The Morgan fingerprint density at radius 3 is 2.19 bits per heavy atom. The molecular formula is C18H26N2O. The molecular weight excluding hydrogens is 260 g/mol. The van der Waals surface area contributed by atoms with Gasteiger partial charge in [0, 0.05) is 32.2 Å². The van der Waals surface area contributed by atoms with E-state index in [4.69, 9.17) is 0 Å². The molecule has 3 nitrogen and oxygen atoms in total. The molecule has 3 heteroatoms. The van der Waals surface area contributed by atoms with Crippen molar-refractivity contribution in [2.24, 2.45) is 11.8 Å². The molecule has 1 aromatic carbocycles. The highest BCUT2D eigenvalue weighted by molar-refractivity contribution is 5.76. The lowest BCUT2D eigenvalue weighted by molar-refractivity contribution is -0.122. The second-order valence-corrected chi connectivity index (χ2v) is 6.83. The van der Waals surface area contributed by atoms with Gasteiger partial charge in [-0.1, -0.05) is 12.1 Å². The van der Waals surface area contributed by atoms with Crippen molar-refractivity contribution in [1.82, 2.24) is 5.32 Å². The summed E-state index contributed by atoms with van der Waals surface area (Å²) in [5.74, 6) is 1.79. The van der Waals surface area contributed by atoms with Crippen LogP contribution in [-0.2, 0) is 11.2 Å². The molecule has 21 heavy (non-hydrogen) atoms. The van der Waals surface area contributed by atoms with E-state index < -0.39 is 0 Å². The Labute approximate surface area is 127 Å². The second kappa shape index (κ2) is 6.08. The summed E-state index contributed by atoms with van der Waals surface area (Å²) in [5, 5.41) is 3.29. The molecule has 2 aliphatic rings. The van der Waals surface area contributed by atoms with Crippen LogP contribution in [0.4, 0.5) is 5.69 Å². The van der Waals surface area contributed by atoms with Crippen molar-refractivity contribution in [2.45, 2.75) is 44.6 Å². The van der Waals surface area contributed by atoms with Gasteiger partial charge >= 0.3 is 0 Å². The normalized spacial score (nSPS) is 17.9. The van der Waals surface area contributed by atoms with Crippen molar-refractivity contribution >= 4 is 11.6 Å². The maximum atomic E-state index is 12.1. The summed E-state index contributed by atoms with van der Waals surface area (Å²) >= 11 is 0. The fraction of sp³-hybridized carbons (Fsp3) is 0.611. The van der Waals surface area contributed by atoms with Crippen molar-refractivity contribution in [3.63, 3.8) is 0 Å². The van der Waals surface area contributed by atoms with E-state index in [0.29, 0.717) is 12.5 Å². The number of aryl methyl sites for hydroxylation is 1. The Hall–Kier alpha value is -1.51. The Morgan fingerprint density at radius 1 is 1.14 bits per heavy atom. The van der Waals surface area contributed by atoms with Crippen molar-refractivity contribution in [3.05, 3.63) is 29.8 Å². The van der Waals surface area contributed by atoms with Crippen molar-refractivity contribution in [2.75, 3.05) is 19.0 Å². The van der Waals surface area contributed by atoms with E-state index in [0.717, 1.165) is 18.3 Å². The van der Waals surface area contributed by atoms with Crippen molar-refractivity contribution in [3.8, 4) is 0 Å². The molecule has 0 heterocycles. The fourth-order valence-corrected chi connectivity index (χ4v) is 3.01. The second-order valence-electron chi connectivity index (χ2n) is 6.83. The van der Waals surface area contributed by atoms with Crippen LogP contribution in [-0.4, -0.2) is 26.0 Å². The van der Waals surface area contributed by atoms with E-state index in [1.54, 1.807) is 0 Å². The lowest BCUT2D eigenvalue weighted by atomic mass is 10.1. The number of carbonyl (C=O) groups excluding carboxylic acids is 1. The summed E-state index contributed by atoms with van der Waals surface area (Å²) < 4.78 is 0. The van der Waals surface area contributed by atoms with Gasteiger partial charge < -0.3 is 10.2 Å². The number of nitrogens with zero attached hydrogens (tertiary/aromatic N) is 1. The highest BCUT2D eigenvalue weighted by atomic mass is 16.1. The minimum absolute atomic E-state index is 0.232. The molecule has 0 saturated heterocycles. The summed E-state index contributed by atoms with van der Waals surface area (Å²) in [5.41, 5.74) is 2.44. The average molecular weight is 286 g/mol. The van der Waals surface area contributed by atoms with Gasteiger partial charge in [-0.15, -0.1) is 0 Å². The van der Waals surface area contributed by atoms with Gasteiger partial charge in [-0.25, -0.2) is 0 Å². The molecule has 114 valence electrons. The molecule has 3 rings (SSSR count). The number of hydrogen-bond acceptors (Lipinski definition) is 2. The monoisotopic (exact) mass is 286 g/mol. The molecule has 0 spiro atoms. The van der Waals surface area contributed by atoms with Gasteiger partial charge in [0.2, 0.25) is 5.91 Å². The Bertz CT molecular complexity index is 474. The number of hydrogen-bond donors (Lipinski definition) is 1. The zero-order chi connectivity index (χ0) is 14.8. The van der Waals surface area contributed by atoms with E-state index in [2.05, 4.69) is 34.5 Å². The number of rotatable bonds is 7. The van der Waals surface area contributed by atoms with E-state index in [9.17, 15) is 4.79 Å². The highest BCUT2D eigenvalue weighted by Crippen LogP contribution is 2.44. The van der Waals surface area contributed by atoms with E-state index in [-0.39, 0.29) is 5.91 Å². The first-order valence-electron chi connectivity index (χ1n) is 8.19. The molecule has 0 unspecified atom stereocenters. The maximum absolute atomic E-state index is 12.1. The maximum Gasteiger partial charge on any atom is 0.220 e. The predicted octanol–water partition coefficient (Wildman–Crippen LogP) is 2.99. The van der Waals surface area contributed by atoms with E-state index >= 15 is 0 Å². The quantitative estimate of drug-likeness (QED) is 0.835. The minimum Gasteiger partial charge on any atom is -0.378 e. The molecule has 0 atom stereocenters. The van der Waals surface area contributed by atoms with Gasteiger partial charge in [0.05, 0.1) is 0 Å². The smallest absolute Gasteiger partial charge is 0.220 e. The first-order valence-corrected chi connectivity index (χ1v) is 8.19. The SMILES string of the molecule is CN(C)c1ccc(CCC(=O)NC(C2CC2)C2CC2)cc1. The minimum atomic E-state index is 0.232. The highest BCUT2D eigenvalue weighted by Gasteiger charge is 2.41. The van der Waals surface area contributed by atoms with Crippen LogP contribution in [0.1, 0.15) is 37.7 Å². The molecule has 0 bridgehead atoms. The fourth-order valence-electron chi connectivity index (χ4n) is 3.01. The molecule has 1 aromatic rings. The summed E-state index contributed by atoms with van der Waals surface area (Å²) in [4.78, 5) is 14.2. The van der Waals surface area contributed by atoms with Gasteiger partial charge in [0.25, 0.3) is 0 Å². The third-order valence-corrected chi connectivity index (χ3v) is 4.68. The van der Waals surface area contributed by atoms with Crippen LogP contribution < -0.4 is 10.2 Å². The average Bonchev–Trinajstić information content (AvgIpc) is 3.36. The Morgan fingerprint density at radius 2 is 1.71 bits per heavy atom. The molecule has 0 radical (unpaired) electrons. The van der Waals surface area contributed by atoms with Crippen LogP contribution in [0.3, 0.4) is 0 Å². The third-order valence-electron chi connectivity index (χ3n) is 4.68. The van der Waals surface area contributed by atoms with Gasteiger partial charge in [-0.05, 0) is 61.6 Å². The first-order chi connectivity index (χ1) is 10.1. The predicted molar refractivity (Wildman–Crippen MR) is 86.5 cm³/mol. The molecule has 1 amide bonds. The van der Waals surface area contributed by atoms with Crippen LogP contribution in [0.25, 0.3) is 0 Å². The number of nitrogens with one attached hydrogen (secondary N) is 1. The van der Waals surface area contributed by atoms with Crippen molar-refractivity contribution in [1.29, 1.82) is 0 Å². The standard InChI is InChI=1S/C18H26N2O/c1-20(2)16-10-3-13(4-11-16)5-12-17(21)19-18(14-6-7-14)15-8-9-15/h3-4,10-11,14-15,18H,5-9,12H2,1-2H3,(H,19,21). The topological polar surface area (TPSA) is 32.3 Å². The van der Waals surface area contributed by atoms with Crippen LogP contribution in [0, 0.1) is 11.8 Å². The molecule has 0 aliphatic heterocycles. The van der Waals surface area contributed by atoms with Crippen LogP contribution in [0.2, 0.25) is 0 Å². The van der Waals surface area contributed by atoms with Crippen LogP contribution in [0.5, 0.6) is 0 Å². The van der Waals surface area contributed by atoms with Gasteiger partial charge in [0.1, 0.15) is 0 Å².